The van der Waals surface area contributed by atoms with Gasteiger partial charge in [-0.1, -0.05) is 11.6 Å². The molecule has 0 atom stereocenters. The topological polar surface area (TPSA) is 26.3 Å². The van der Waals surface area contributed by atoms with Crippen molar-refractivity contribution in [3.8, 4) is 5.75 Å². The molecule has 0 fully saturated rings. The van der Waals surface area contributed by atoms with Gasteiger partial charge in [-0.3, -0.25) is 4.79 Å². The summed E-state index contributed by atoms with van der Waals surface area (Å²) in [6.45, 7) is 1.96. The van der Waals surface area contributed by atoms with Crippen LogP contribution < -0.4 is 4.74 Å². The molecule has 2 rings (SSSR count). The number of carbonyl (C=O) groups is 1. The predicted molar refractivity (Wildman–Crippen MR) is 73.2 cm³/mol. The number of hydrogen-bond acceptors (Lipinski definition) is 2. The molecule has 1 aliphatic carbocycles. The molecule has 0 saturated heterocycles. The van der Waals surface area contributed by atoms with E-state index in [-0.39, 0.29) is 5.78 Å². The zero-order chi connectivity index (χ0) is 13.0. The molecule has 0 amide bonds. The Kier molecular flexibility index (Phi) is 4.19. The SMILES string of the molecule is COc1ccc(C(=O)CC2=CCCCC2)c(C)c1. The lowest BCUT2D eigenvalue weighted by Crippen LogP contribution is -2.05. The maximum atomic E-state index is 12.3. The summed E-state index contributed by atoms with van der Waals surface area (Å²) in [5.41, 5.74) is 3.12. The number of carbonyl (C=O) groups excluding carboxylic acids is 1. The van der Waals surface area contributed by atoms with Crippen LogP contribution in [0.5, 0.6) is 5.75 Å². The van der Waals surface area contributed by atoms with Gasteiger partial charge in [0.1, 0.15) is 5.75 Å². The Bertz CT molecular complexity index is 472. The average Bonchev–Trinajstić information content (AvgIpc) is 2.39. The van der Waals surface area contributed by atoms with Crippen LogP contribution in [0.25, 0.3) is 0 Å². The van der Waals surface area contributed by atoms with Crippen LogP contribution in [0.15, 0.2) is 29.8 Å². The summed E-state index contributed by atoms with van der Waals surface area (Å²) in [6, 6.07) is 5.65. The Balaban J connectivity index is 2.11. The molecule has 0 radical (unpaired) electrons. The third kappa shape index (κ3) is 3.00. The predicted octanol–water partition coefficient (Wildman–Crippen LogP) is 4.08. The molecule has 0 unspecified atom stereocenters. The maximum Gasteiger partial charge on any atom is 0.167 e. The summed E-state index contributed by atoms with van der Waals surface area (Å²) >= 11 is 0. The van der Waals surface area contributed by atoms with Crippen LogP contribution >= 0.6 is 0 Å². The lowest BCUT2D eigenvalue weighted by atomic mass is 9.92. The van der Waals surface area contributed by atoms with Crippen LogP contribution in [-0.4, -0.2) is 12.9 Å². The van der Waals surface area contributed by atoms with Crippen molar-refractivity contribution >= 4 is 5.78 Å². The third-order valence-electron chi connectivity index (χ3n) is 3.51. The second kappa shape index (κ2) is 5.85. The molecule has 1 aromatic carbocycles. The van der Waals surface area contributed by atoms with Gasteiger partial charge in [-0.15, -0.1) is 0 Å². The highest BCUT2D eigenvalue weighted by Gasteiger charge is 2.13. The number of benzene rings is 1. The van der Waals surface area contributed by atoms with Gasteiger partial charge in [-0.05, 0) is 56.4 Å². The summed E-state index contributed by atoms with van der Waals surface area (Å²) < 4.78 is 5.16. The first-order chi connectivity index (χ1) is 8.70. The van der Waals surface area contributed by atoms with E-state index in [1.165, 1.54) is 18.4 Å². The molecule has 0 aromatic heterocycles. The summed E-state index contributed by atoms with van der Waals surface area (Å²) in [7, 11) is 1.64. The third-order valence-corrected chi connectivity index (χ3v) is 3.51. The van der Waals surface area contributed by atoms with Crippen molar-refractivity contribution in [3.63, 3.8) is 0 Å². The van der Waals surface area contributed by atoms with Crippen LogP contribution in [-0.2, 0) is 0 Å². The quantitative estimate of drug-likeness (QED) is 0.589. The van der Waals surface area contributed by atoms with Gasteiger partial charge in [0.15, 0.2) is 5.78 Å². The molecule has 18 heavy (non-hydrogen) atoms. The van der Waals surface area contributed by atoms with E-state index in [4.69, 9.17) is 4.74 Å². The number of ether oxygens (including phenoxy) is 1. The van der Waals surface area contributed by atoms with Crippen LogP contribution in [0.4, 0.5) is 0 Å². The fourth-order valence-corrected chi connectivity index (χ4v) is 2.44. The Morgan fingerprint density at radius 3 is 2.78 bits per heavy atom. The maximum absolute atomic E-state index is 12.3. The molecule has 2 nitrogen and oxygen atoms in total. The number of rotatable bonds is 4. The van der Waals surface area contributed by atoms with E-state index in [0.29, 0.717) is 6.42 Å². The van der Waals surface area contributed by atoms with Gasteiger partial charge in [-0.2, -0.15) is 0 Å². The molecule has 1 aliphatic rings. The molecule has 0 aliphatic heterocycles. The van der Waals surface area contributed by atoms with E-state index in [2.05, 4.69) is 6.08 Å². The van der Waals surface area contributed by atoms with Crippen molar-refractivity contribution in [2.24, 2.45) is 0 Å². The second-order valence-corrected chi connectivity index (χ2v) is 4.89. The number of aryl methyl sites for hydroxylation is 1. The summed E-state index contributed by atoms with van der Waals surface area (Å²) in [5, 5.41) is 0. The van der Waals surface area contributed by atoms with E-state index < -0.39 is 0 Å². The van der Waals surface area contributed by atoms with Gasteiger partial charge >= 0.3 is 0 Å². The highest BCUT2D eigenvalue weighted by atomic mass is 16.5. The highest BCUT2D eigenvalue weighted by molar-refractivity contribution is 5.99. The van der Waals surface area contributed by atoms with Crippen molar-refractivity contribution in [1.82, 2.24) is 0 Å². The first-order valence-electron chi connectivity index (χ1n) is 6.56. The van der Waals surface area contributed by atoms with Gasteiger partial charge < -0.3 is 4.74 Å². The smallest absolute Gasteiger partial charge is 0.167 e. The molecule has 96 valence electrons. The van der Waals surface area contributed by atoms with Crippen LogP contribution in [0.3, 0.4) is 0 Å². The van der Waals surface area contributed by atoms with E-state index in [0.717, 1.165) is 29.7 Å². The Morgan fingerprint density at radius 1 is 1.33 bits per heavy atom. The summed E-state index contributed by atoms with van der Waals surface area (Å²) in [5.74, 6) is 1.03. The highest BCUT2D eigenvalue weighted by Crippen LogP contribution is 2.24. The standard InChI is InChI=1S/C16H20O2/c1-12-10-14(18-2)8-9-15(12)16(17)11-13-6-4-3-5-7-13/h6,8-10H,3-5,7,11H2,1-2H3. The van der Waals surface area contributed by atoms with Crippen LogP contribution in [0.1, 0.15) is 48.0 Å². The van der Waals surface area contributed by atoms with Gasteiger partial charge in [0.25, 0.3) is 0 Å². The molecular weight excluding hydrogens is 224 g/mol. The van der Waals surface area contributed by atoms with Crippen molar-refractivity contribution in [3.05, 3.63) is 41.0 Å². The molecule has 0 spiro atoms. The zero-order valence-electron chi connectivity index (χ0n) is 11.2. The van der Waals surface area contributed by atoms with Gasteiger partial charge in [-0.25, -0.2) is 0 Å². The number of methoxy groups -OCH3 is 1. The molecule has 0 bridgehead atoms. The van der Waals surface area contributed by atoms with Crippen LogP contribution in [0.2, 0.25) is 0 Å². The summed E-state index contributed by atoms with van der Waals surface area (Å²) in [4.78, 5) is 12.3. The van der Waals surface area contributed by atoms with Crippen molar-refractivity contribution < 1.29 is 9.53 Å². The first-order valence-corrected chi connectivity index (χ1v) is 6.56. The van der Waals surface area contributed by atoms with E-state index in [9.17, 15) is 4.79 Å². The minimum atomic E-state index is 0.225. The Labute approximate surface area is 109 Å². The van der Waals surface area contributed by atoms with Gasteiger partial charge in [0.05, 0.1) is 7.11 Å². The van der Waals surface area contributed by atoms with Crippen molar-refractivity contribution in [2.75, 3.05) is 7.11 Å². The number of ketones is 1. The lowest BCUT2D eigenvalue weighted by Gasteiger charge is -2.13. The fraction of sp³-hybridized carbons (Fsp3) is 0.438. The first kappa shape index (κ1) is 12.9. The molecule has 0 heterocycles. The van der Waals surface area contributed by atoms with Crippen molar-refractivity contribution in [2.45, 2.75) is 39.0 Å². The van der Waals surface area contributed by atoms with Gasteiger partial charge in [0.2, 0.25) is 0 Å². The van der Waals surface area contributed by atoms with Crippen molar-refractivity contribution in [1.29, 1.82) is 0 Å². The average molecular weight is 244 g/mol. The summed E-state index contributed by atoms with van der Waals surface area (Å²) in [6.07, 6.45) is 7.51. The van der Waals surface area contributed by atoms with E-state index >= 15 is 0 Å². The molecule has 0 saturated carbocycles. The lowest BCUT2D eigenvalue weighted by molar-refractivity contribution is 0.0991. The molecular formula is C16H20O2. The molecule has 0 N–H and O–H groups in total. The monoisotopic (exact) mass is 244 g/mol. The minimum absolute atomic E-state index is 0.225. The molecule has 2 heteroatoms. The number of hydrogen-bond donors (Lipinski definition) is 0. The number of allylic oxidation sites excluding steroid dienone is 2. The Hall–Kier alpha value is -1.57. The number of Topliss-reactive ketones (excluding diaryl/α,β-unsaturated/α-hetero) is 1. The normalized spacial score (nSPS) is 15.1. The Morgan fingerprint density at radius 2 is 2.17 bits per heavy atom. The minimum Gasteiger partial charge on any atom is -0.497 e. The van der Waals surface area contributed by atoms with E-state index in [1.54, 1.807) is 7.11 Å². The largest absolute Gasteiger partial charge is 0.497 e. The van der Waals surface area contributed by atoms with Gasteiger partial charge in [0, 0.05) is 12.0 Å². The van der Waals surface area contributed by atoms with E-state index in [1.807, 2.05) is 25.1 Å². The second-order valence-electron chi connectivity index (χ2n) is 4.89. The fourth-order valence-electron chi connectivity index (χ4n) is 2.44. The molecule has 1 aromatic rings. The zero-order valence-corrected chi connectivity index (χ0v) is 11.2. The van der Waals surface area contributed by atoms with Crippen LogP contribution in [0, 0.1) is 6.92 Å².